The largest absolute Gasteiger partial charge is 0.384 e. The molecule has 5 nitrogen and oxygen atoms in total. The highest BCUT2D eigenvalue weighted by Crippen LogP contribution is 2.33. The molecule has 0 radical (unpaired) electrons. The lowest BCUT2D eigenvalue weighted by Gasteiger charge is -2.31. The fraction of sp³-hybridized carbons (Fsp3) is 0.556. The highest BCUT2D eigenvalue weighted by atomic mass is 16.5. The van der Waals surface area contributed by atoms with E-state index in [1.165, 1.54) is 24.1 Å². The Morgan fingerprint density at radius 3 is 2.96 bits per heavy atom. The van der Waals surface area contributed by atoms with Crippen LogP contribution in [0, 0.1) is 5.92 Å². The van der Waals surface area contributed by atoms with E-state index in [1.807, 2.05) is 12.3 Å². The Hall–Kier alpha value is -1.72. The molecule has 1 fully saturated rings. The maximum absolute atomic E-state index is 5.46. The molecule has 1 aliphatic heterocycles. The second-order valence-electron chi connectivity index (χ2n) is 6.84. The second-order valence-corrected chi connectivity index (χ2v) is 6.84. The average Bonchev–Trinajstić information content (AvgIpc) is 3.26. The van der Waals surface area contributed by atoms with Gasteiger partial charge in [0.25, 0.3) is 0 Å². The molecule has 0 saturated heterocycles. The van der Waals surface area contributed by atoms with Gasteiger partial charge in [-0.15, -0.1) is 0 Å². The van der Waals surface area contributed by atoms with Crippen LogP contribution in [0.15, 0.2) is 30.6 Å². The molecule has 5 heteroatoms. The Kier molecular flexibility index (Phi) is 4.14. The monoisotopic (exact) mass is 312 g/mol. The number of hydrogen-bond donors (Lipinski definition) is 0. The molecule has 0 unspecified atom stereocenters. The van der Waals surface area contributed by atoms with Crippen molar-refractivity contribution < 1.29 is 4.74 Å². The van der Waals surface area contributed by atoms with Gasteiger partial charge in [-0.3, -0.25) is 14.6 Å². The first-order valence-corrected chi connectivity index (χ1v) is 8.49. The van der Waals surface area contributed by atoms with E-state index in [-0.39, 0.29) is 0 Å². The van der Waals surface area contributed by atoms with Crippen LogP contribution < -0.4 is 0 Å². The maximum Gasteiger partial charge on any atom is 0.0801 e. The number of ether oxygens (including phenoxy) is 1. The molecule has 23 heavy (non-hydrogen) atoms. The SMILES string of the molecule is COC[C@@H]1CN(Cc2ccccn2)Cc2nn(CC3CC3)cc21. The Morgan fingerprint density at radius 1 is 1.30 bits per heavy atom. The molecule has 0 N–H and O–H groups in total. The van der Waals surface area contributed by atoms with Crippen LogP contribution in [0.2, 0.25) is 0 Å². The fourth-order valence-corrected chi connectivity index (χ4v) is 3.47. The quantitative estimate of drug-likeness (QED) is 0.822. The maximum atomic E-state index is 5.46. The molecule has 4 rings (SSSR count). The summed E-state index contributed by atoms with van der Waals surface area (Å²) in [5, 5.41) is 4.85. The standard InChI is InChI=1S/C18H24N4O/c1-23-13-15-9-21(10-16-4-2-3-7-19-16)12-18-17(15)11-22(20-18)8-14-5-6-14/h2-4,7,11,14-15H,5-6,8-10,12-13H2,1H3/t15-/m0/s1. The van der Waals surface area contributed by atoms with Gasteiger partial charge >= 0.3 is 0 Å². The van der Waals surface area contributed by atoms with Crippen LogP contribution in [0.4, 0.5) is 0 Å². The van der Waals surface area contributed by atoms with Crippen molar-refractivity contribution in [1.29, 1.82) is 0 Å². The lowest BCUT2D eigenvalue weighted by Crippen LogP contribution is -2.34. The zero-order valence-corrected chi connectivity index (χ0v) is 13.7. The second kappa shape index (κ2) is 6.42. The summed E-state index contributed by atoms with van der Waals surface area (Å²) in [4.78, 5) is 6.89. The summed E-state index contributed by atoms with van der Waals surface area (Å²) >= 11 is 0. The molecule has 0 amide bonds. The van der Waals surface area contributed by atoms with Crippen molar-refractivity contribution in [3.05, 3.63) is 47.5 Å². The molecule has 0 aromatic carbocycles. The van der Waals surface area contributed by atoms with Crippen LogP contribution in [0.3, 0.4) is 0 Å². The predicted molar refractivity (Wildman–Crippen MR) is 87.9 cm³/mol. The first-order valence-electron chi connectivity index (χ1n) is 8.49. The average molecular weight is 312 g/mol. The van der Waals surface area contributed by atoms with Crippen molar-refractivity contribution in [3.8, 4) is 0 Å². The minimum absolute atomic E-state index is 0.403. The van der Waals surface area contributed by atoms with E-state index in [2.05, 4.69) is 32.9 Å². The summed E-state index contributed by atoms with van der Waals surface area (Å²) in [6, 6.07) is 6.10. The van der Waals surface area contributed by atoms with Gasteiger partial charge in [-0.05, 0) is 30.9 Å². The summed E-state index contributed by atoms with van der Waals surface area (Å²) in [5.41, 5.74) is 3.71. The lowest BCUT2D eigenvalue weighted by atomic mass is 9.95. The summed E-state index contributed by atoms with van der Waals surface area (Å²) in [5.74, 6) is 1.25. The number of pyridine rings is 1. The molecule has 122 valence electrons. The van der Waals surface area contributed by atoms with Crippen molar-refractivity contribution >= 4 is 0 Å². The van der Waals surface area contributed by atoms with Crippen molar-refractivity contribution in [2.75, 3.05) is 20.3 Å². The zero-order chi connectivity index (χ0) is 15.6. The van der Waals surface area contributed by atoms with Crippen LogP contribution in [0.5, 0.6) is 0 Å². The van der Waals surface area contributed by atoms with Gasteiger partial charge in [0.15, 0.2) is 0 Å². The molecule has 3 heterocycles. The van der Waals surface area contributed by atoms with Gasteiger partial charge in [0, 0.05) is 57.2 Å². The van der Waals surface area contributed by atoms with E-state index >= 15 is 0 Å². The Morgan fingerprint density at radius 2 is 2.22 bits per heavy atom. The van der Waals surface area contributed by atoms with E-state index in [0.29, 0.717) is 5.92 Å². The lowest BCUT2D eigenvalue weighted by molar-refractivity contribution is 0.135. The minimum Gasteiger partial charge on any atom is -0.384 e. The smallest absolute Gasteiger partial charge is 0.0801 e. The number of rotatable bonds is 6. The Bertz CT molecular complexity index is 650. The third-order valence-electron chi connectivity index (χ3n) is 4.78. The summed E-state index contributed by atoms with van der Waals surface area (Å²) < 4.78 is 7.62. The summed E-state index contributed by atoms with van der Waals surface area (Å²) in [6.07, 6.45) is 6.84. The van der Waals surface area contributed by atoms with Gasteiger partial charge in [0.05, 0.1) is 18.0 Å². The van der Waals surface area contributed by atoms with Crippen molar-refractivity contribution in [1.82, 2.24) is 19.7 Å². The third-order valence-corrected chi connectivity index (χ3v) is 4.78. The molecular weight excluding hydrogens is 288 g/mol. The number of methoxy groups -OCH3 is 1. The first kappa shape index (κ1) is 14.8. The molecule has 2 aromatic heterocycles. The minimum atomic E-state index is 0.403. The van der Waals surface area contributed by atoms with E-state index < -0.39 is 0 Å². The van der Waals surface area contributed by atoms with Crippen LogP contribution in [0.1, 0.15) is 35.7 Å². The number of hydrogen-bond acceptors (Lipinski definition) is 4. The molecule has 2 aromatic rings. The van der Waals surface area contributed by atoms with E-state index in [9.17, 15) is 0 Å². The van der Waals surface area contributed by atoms with Crippen molar-refractivity contribution in [3.63, 3.8) is 0 Å². The van der Waals surface area contributed by atoms with Gasteiger partial charge in [0.2, 0.25) is 0 Å². The summed E-state index contributed by atoms with van der Waals surface area (Å²) in [6.45, 7) is 4.61. The molecule has 1 atom stereocenters. The molecule has 0 spiro atoms. The van der Waals surface area contributed by atoms with E-state index in [1.54, 1.807) is 7.11 Å². The Labute approximate surface area is 137 Å². The van der Waals surface area contributed by atoms with Crippen molar-refractivity contribution in [2.45, 2.75) is 38.4 Å². The zero-order valence-electron chi connectivity index (χ0n) is 13.7. The van der Waals surface area contributed by atoms with Gasteiger partial charge in [-0.25, -0.2) is 0 Å². The molecule has 1 aliphatic carbocycles. The number of aromatic nitrogens is 3. The topological polar surface area (TPSA) is 43.2 Å². The molecule has 1 saturated carbocycles. The van der Waals surface area contributed by atoms with E-state index in [0.717, 1.165) is 44.4 Å². The van der Waals surface area contributed by atoms with Crippen LogP contribution >= 0.6 is 0 Å². The van der Waals surface area contributed by atoms with Gasteiger partial charge < -0.3 is 4.74 Å². The van der Waals surface area contributed by atoms with Gasteiger partial charge in [-0.1, -0.05) is 6.07 Å². The van der Waals surface area contributed by atoms with Crippen LogP contribution in [-0.2, 0) is 24.4 Å². The summed E-state index contributed by atoms with van der Waals surface area (Å²) in [7, 11) is 1.78. The number of nitrogens with zero attached hydrogens (tertiary/aromatic N) is 4. The Balaban J connectivity index is 1.52. The molecule has 2 aliphatic rings. The highest BCUT2D eigenvalue weighted by Gasteiger charge is 2.30. The van der Waals surface area contributed by atoms with Crippen molar-refractivity contribution in [2.24, 2.45) is 5.92 Å². The van der Waals surface area contributed by atoms with Gasteiger partial charge in [-0.2, -0.15) is 5.10 Å². The predicted octanol–water partition coefficient (Wildman–Crippen LogP) is 2.43. The van der Waals surface area contributed by atoms with Gasteiger partial charge in [0.1, 0.15) is 0 Å². The third kappa shape index (κ3) is 3.46. The molecule has 0 bridgehead atoms. The fourth-order valence-electron chi connectivity index (χ4n) is 3.47. The highest BCUT2D eigenvalue weighted by molar-refractivity contribution is 5.26. The number of fused-ring (bicyclic) bond motifs is 1. The van der Waals surface area contributed by atoms with Crippen LogP contribution in [0.25, 0.3) is 0 Å². The van der Waals surface area contributed by atoms with Crippen LogP contribution in [-0.4, -0.2) is 39.9 Å². The first-order chi connectivity index (χ1) is 11.3. The normalized spacial score (nSPS) is 21.3. The van der Waals surface area contributed by atoms with E-state index in [4.69, 9.17) is 9.84 Å². The molecular formula is C18H24N4O.